The van der Waals surface area contributed by atoms with Gasteiger partial charge in [0.1, 0.15) is 12.4 Å². The van der Waals surface area contributed by atoms with Crippen molar-refractivity contribution in [3.63, 3.8) is 0 Å². The minimum Gasteiger partial charge on any atom is -0.492 e. The van der Waals surface area contributed by atoms with Crippen LogP contribution in [0.1, 0.15) is 17.5 Å². The lowest BCUT2D eigenvalue weighted by atomic mass is 10.00. The van der Waals surface area contributed by atoms with Crippen molar-refractivity contribution >= 4 is 0 Å². The van der Waals surface area contributed by atoms with Gasteiger partial charge in [-0.1, -0.05) is 17.7 Å². The van der Waals surface area contributed by atoms with Crippen molar-refractivity contribution in [2.75, 3.05) is 26.9 Å². The molecule has 1 aliphatic rings. The van der Waals surface area contributed by atoms with E-state index < -0.39 is 0 Å². The zero-order chi connectivity index (χ0) is 13.0. The Bertz CT molecular complexity index is 386. The van der Waals surface area contributed by atoms with E-state index in [0.717, 1.165) is 25.4 Å². The van der Waals surface area contributed by atoms with Gasteiger partial charge in [0.25, 0.3) is 0 Å². The molecule has 1 fully saturated rings. The zero-order valence-corrected chi connectivity index (χ0v) is 11.5. The first kappa shape index (κ1) is 13.4. The van der Waals surface area contributed by atoms with Crippen molar-refractivity contribution in [2.24, 2.45) is 5.92 Å². The maximum Gasteiger partial charge on any atom is 0.122 e. The first-order valence-corrected chi connectivity index (χ1v) is 6.65. The van der Waals surface area contributed by atoms with Gasteiger partial charge in [-0.2, -0.15) is 0 Å². The second-order valence-corrected chi connectivity index (χ2v) is 5.10. The lowest BCUT2D eigenvalue weighted by Gasteiger charge is -2.22. The molecule has 1 aromatic rings. The minimum atomic E-state index is 0.369. The van der Waals surface area contributed by atoms with Crippen LogP contribution in [0.2, 0.25) is 0 Å². The maximum absolute atomic E-state index is 5.94. The number of likely N-dealkylation sites (N-methyl/N-ethyl adjacent to an activating group) is 1. The summed E-state index contributed by atoms with van der Waals surface area (Å²) in [7, 11) is 1.99. The summed E-state index contributed by atoms with van der Waals surface area (Å²) in [5.41, 5.74) is 2.47. The topological polar surface area (TPSA) is 30.5 Å². The highest BCUT2D eigenvalue weighted by Gasteiger charge is 2.25. The van der Waals surface area contributed by atoms with Crippen molar-refractivity contribution in [1.82, 2.24) is 5.32 Å². The Morgan fingerprint density at radius 3 is 2.89 bits per heavy atom. The fourth-order valence-corrected chi connectivity index (χ4v) is 2.47. The molecule has 2 unspecified atom stereocenters. The van der Waals surface area contributed by atoms with Crippen LogP contribution in [0.25, 0.3) is 0 Å². The van der Waals surface area contributed by atoms with E-state index in [9.17, 15) is 0 Å². The highest BCUT2D eigenvalue weighted by Crippen LogP contribution is 2.21. The molecular formula is C15H23NO2. The van der Waals surface area contributed by atoms with Gasteiger partial charge in [-0.3, -0.25) is 0 Å². The van der Waals surface area contributed by atoms with Crippen molar-refractivity contribution < 1.29 is 9.47 Å². The third-order valence-electron chi connectivity index (χ3n) is 3.65. The number of benzene rings is 1. The summed E-state index contributed by atoms with van der Waals surface area (Å²) in [6.45, 7) is 6.63. The summed E-state index contributed by atoms with van der Waals surface area (Å²) in [6, 6.07) is 6.67. The molecule has 3 heteroatoms. The fraction of sp³-hybridized carbons (Fsp3) is 0.600. The highest BCUT2D eigenvalue weighted by atomic mass is 16.5. The van der Waals surface area contributed by atoms with E-state index in [0.29, 0.717) is 18.6 Å². The van der Waals surface area contributed by atoms with E-state index in [-0.39, 0.29) is 0 Å². The Balaban J connectivity index is 1.92. The molecule has 0 aliphatic carbocycles. The first-order valence-electron chi connectivity index (χ1n) is 6.65. The van der Waals surface area contributed by atoms with Gasteiger partial charge in [0.15, 0.2) is 0 Å². The molecule has 1 heterocycles. The molecule has 18 heavy (non-hydrogen) atoms. The second kappa shape index (κ2) is 6.21. The average molecular weight is 249 g/mol. The van der Waals surface area contributed by atoms with E-state index in [1.165, 1.54) is 11.1 Å². The van der Waals surface area contributed by atoms with Crippen LogP contribution in [0, 0.1) is 19.8 Å². The molecule has 100 valence electrons. The van der Waals surface area contributed by atoms with Crippen LogP contribution in [0.15, 0.2) is 18.2 Å². The normalized spacial score (nSPS) is 20.9. The average Bonchev–Trinajstić information content (AvgIpc) is 2.86. The summed E-state index contributed by atoms with van der Waals surface area (Å²) in [6.07, 6.45) is 1.13. The van der Waals surface area contributed by atoms with Crippen LogP contribution >= 0.6 is 0 Å². The number of nitrogens with one attached hydrogen (secondary N) is 1. The Morgan fingerprint density at radius 2 is 2.28 bits per heavy atom. The lowest BCUT2D eigenvalue weighted by molar-refractivity contribution is 0.162. The van der Waals surface area contributed by atoms with Crippen molar-refractivity contribution in [3.8, 4) is 5.75 Å². The van der Waals surface area contributed by atoms with Crippen LogP contribution in [-0.2, 0) is 4.74 Å². The van der Waals surface area contributed by atoms with Crippen LogP contribution < -0.4 is 10.1 Å². The Morgan fingerprint density at radius 1 is 1.44 bits per heavy atom. The largest absolute Gasteiger partial charge is 0.492 e. The molecule has 1 aromatic carbocycles. The Hall–Kier alpha value is -1.06. The number of aryl methyl sites for hydroxylation is 2. The predicted molar refractivity (Wildman–Crippen MR) is 73.2 cm³/mol. The summed E-state index contributed by atoms with van der Waals surface area (Å²) >= 11 is 0. The smallest absolute Gasteiger partial charge is 0.122 e. The molecule has 1 saturated heterocycles. The lowest BCUT2D eigenvalue weighted by Crippen LogP contribution is -2.39. The van der Waals surface area contributed by atoms with Crippen LogP contribution in [0.5, 0.6) is 5.75 Å². The quantitative estimate of drug-likeness (QED) is 0.868. The van der Waals surface area contributed by atoms with Crippen molar-refractivity contribution in [1.29, 1.82) is 0 Å². The van der Waals surface area contributed by atoms with Gasteiger partial charge in [0.2, 0.25) is 0 Å². The molecule has 0 radical (unpaired) electrons. The second-order valence-electron chi connectivity index (χ2n) is 5.10. The van der Waals surface area contributed by atoms with Gasteiger partial charge < -0.3 is 14.8 Å². The van der Waals surface area contributed by atoms with Crippen molar-refractivity contribution in [2.45, 2.75) is 26.3 Å². The van der Waals surface area contributed by atoms with E-state index in [2.05, 4.69) is 37.4 Å². The standard InChI is InChI=1S/C15H23NO2/c1-11-4-5-15(12(2)8-11)18-10-14(16-3)13-6-7-17-9-13/h4-5,8,13-14,16H,6-7,9-10H2,1-3H3. The van der Waals surface area contributed by atoms with Gasteiger partial charge in [0, 0.05) is 18.6 Å². The number of hydrogen-bond acceptors (Lipinski definition) is 3. The third kappa shape index (κ3) is 3.24. The monoisotopic (exact) mass is 249 g/mol. The molecule has 0 amide bonds. The first-order chi connectivity index (χ1) is 8.70. The number of rotatable bonds is 5. The maximum atomic E-state index is 5.94. The molecule has 2 rings (SSSR count). The molecule has 0 saturated carbocycles. The molecular weight excluding hydrogens is 226 g/mol. The number of hydrogen-bond donors (Lipinski definition) is 1. The van der Waals surface area contributed by atoms with Gasteiger partial charge in [-0.15, -0.1) is 0 Å². The summed E-state index contributed by atoms with van der Waals surface area (Å²) in [4.78, 5) is 0. The van der Waals surface area contributed by atoms with E-state index in [1.807, 2.05) is 7.05 Å². The molecule has 1 aliphatic heterocycles. The van der Waals surface area contributed by atoms with Gasteiger partial charge >= 0.3 is 0 Å². The van der Waals surface area contributed by atoms with Crippen LogP contribution in [-0.4, -0.2) is 32.9 Å². The van der Waals surface area contributed by atoms with E-state index >= 15 is 0 Å². The molecule has 0 aromatic heterocycles. The van der Waals surface area contributed by atoms with E-state index in [4.69, 9.17) is 9.47 Å². The summed E-state index contributed by atoms with van der Waals surface area (Å²) in [5.74, 6) is 1.56. The SMILES string of the molecule is CNC(COc1ccc(C)cc1C)C1CCOC1. The summed E-state index contributed by atoms with van der Waals surface area (Å²) in [5, 5.41) is 3.34. The Labute approximate surface area is 109 Å². The molecule has 0 bridgehead atoms. The predicted octanol–water partition coefficient (Wildman–Crippen LogP) is 2.31. The number of ether oxygens (including phenoxy) is 2. The summed E-state index contributed by atoms with van der Waals surface area (Å²) < 4.78 is 11.4. The third-order valence-corrected chi connectivity index (χ3v) is 3.65. The van der Waals surface area contributed by atoms with Crippen molar-refractivity contribution in [3.05, 3.63) is 29.3 Å². The molecule has 0 spiro atoms. The zero-order valence-electron chi connectivity index (χ0n) is 11.5. The van der Waals surface area contributed by atoms with Gasteiger partial charge in [-0.05, 0) is 38.9 Å². The Kier molecular flexibility index (Phi) is 4.61. The molecule has 1 N–H and O–H groups in total. The fourth-order valence-electron chi connectivity index (χ4n) is 2.47. The highest BCUT2D eigenvalue weighted by molar-refractivity contribution is 5.35. The molecule has 2 atom stereocenters. The van der Waals surface area contributed by atoms with E-state index in [1.54, 1.807) is 0 Å². The van der Waals surface area contributed by atoms with Gasteiger partial charge in [0.05, 0.1) is 6.61 Å². The molecule has 3 nitrogen and oxygen atoms in total. The van der Waals surface area contributed by atoms with Crippen LogP contribution in [0.4, 0.5) is 0 Å². The minimum absolute atomic E-state index is 0.369. The van der Waals surface area contributed by atoms with Crippen LogP contribution in [0.3, 0.4) is 0 Å². The van der Waals surface area contributed by atoms with Gasteiger partial charge in [-0.25, -0.2) is 0 Å².